The summed E-state index contributed by atoms with van der Waals surface area (Å²) in [6.45, 7) is 8.08. The standard InChI is InChI=1S/C19H35N3O4/c1-16(23)20-8-5-19(24)22(15-18-4-3-12-26-18)14-17-6-9-21(10-7-17)11-13-25-2/h17-18H,3-15H2,1-2H3,(H,20,23)/t18-/m1/s1. The lowest BCUT2D eigenvalue weighted by Crippen LogP contribution is -2.44. The molecule has 2 fully saturated rings. The molecule has 0 unspecified atom stereocenters. The number of hydrogen-bond donors (Lipinski definition) is 1. The molecule has 0 saturated carbocycles. The molecule has 2 aliphatic rings. The fraction of sp³-hybridized carbons (Fsp3) is 0.895. The Balaban J connectivity index is 1.81. The molecule has 150 valence electrons. The van der Waals surface area contributed by atoms with Crippen LogP contribution in [0.5, 0.6) is 0 Å². The van der Waals surface area contributed by atoms with Gasteiger partial charge in [0, 0.05) is 53.2 Å². The highest BCUT2D eigenvalue weighted by molar-refractivity contribution is 5.78. The first kappa shape index (κ1) is 21.1. The lowest BCUT2D eigenvalue weighted by Gasteiger charge is -2.35. The number of amides is 2. The SMILES string of the molecule is COCCN1CCC(CN(C[C@H]2CCCO2)C(=O)CCNC(C)=O)CC1. The van der Waals surface area contributed by atoms with Gasteiger partial charge in [0.2, 0.25) is 11.8 Å². The molecule has 0 bridgehead atoms. The van der Waals surface area contributed by atoms with E-state index in [9.17, 15) is 9.59 Å². The third-order valence-electron chi connectivity index (χ3n) is 5.31. The Kier molecular flexibility index (Phi) is 9.36. The van der Waals surface area contributed by atoms with Crippen molar-refractivity contribution >= 4 is 11.8 Å². The molecule has 1 atom stereocenters. The van der Waals surface area contributed by atoms with Crippen LogP contribution in [-0.2, 0) is 19.1 Å². The van der Waals surface area contributed by atoms with E-state index < -0.39 is 0 Å². The van der Waals surface area contributed by atoms with Gasteiger partial charge in [0.05, 0.1) is 12.7 Å². The van der Waals surface area contributed by atoms with Crippen molar-refractivity contribution in [3.8, 4) is 0 Å². The quantitative estimate of drug-likeness (QED) is 0.619. The molecule has 26 heavy (non-hydrogen) atoms. The van der Waals surface area contributed by atoms with Crippen molar-refractivity contribution in [2.75, 3.05) is 59.6 Å². The molecule has 0 radical (unpaired) electrons. The van der Waals surface area contributed by atoms with Crippen LogP contribution < -0.4 is 5.32 Å². The highest BCUT2D eigenvalue weighted by Gasteiger charge is 2.27. The molecular weight excluding hydrogens is 334 g/mol. The Labute approximate surface area is 157 Å². The van der Waals surface area contributed by atoms with Gasteiger partial charge in [-0.05, 0) is 44.7 Å². The van der Waals surface area contributed by atoms with Crippen molar-refractivity contribution in [2.45, 2.75) is 45.1 Å². The van der Waals surface area contributed by atoms with E-state index >= 15 is 0 Å². The Morgan fingerprint density at radius 1 is 1.23 bits per heavy atom. The second-order valence-electron chi connectivity index (χ2n) is 7.44. The Morgan fingerprint density at radius 3 is 2.62 bits per heavy atom. The van der Waals surface area contributed by atoms with E-state index in [2.05, 4.69) is 10.2 Å². The molecule has 0 spiro atoms. The van der Waals surface area contributed by atoms with Crippen molar-refractivity contribution in [1.29, 1.82) is 0 Å². The minimum absolute atomic E-state index is 0.0908. The van der Waals surface area contributed by atoms with Gasteiger partial charge < -0.3 is 24.6 Å². The number of hydrogen-bond acceptors (Lipinski definition) is 5. The summed E-state index contributed by atoms with van der Waals surface area (Å²) >= 11 is 0. The summed E-state index contributed by atoms with van der Waals surface area (Å²) in [5, 5.41) is 2.72. The van der Waals surface area contributed by atoms with Gasteiger partial charge in [-0.25, -0.2) is 0 Å². The molecule has 2 aliphatic heterocycles. The molecule has 2 heterocycles. The summed E-state index contributed by atoms with van der Waals surface area (Å²) in [7, 11) is 1.74. The zero-order chi connectivity index (χ0) is 18.8. The van der Waals surface area contributed by atoms with Gasteiger partial charge in [0.15, 0.2) is 0 Å². The molecule has 0 aromatic carbocycles. The van der Waals surface area contributed by atoms with E-state index in [0.717, 1.165) is 65.1 Å². The van der Waals surface area contributed by atoms with Crippen LogP contribution in [0.1, 0.15) is 39.0 Å². The number of carbonyl (C=O) groups is 2. The number of methoxy groups -OCH3 is 1. The summed E-state index contributed by atoms with van der Waals surface area (Å²) in [6, 6.07) is 0. The predicted molar refractivity (Wildman–Crippen MR) is 99.9 cm³/mol. The Bertz CT molecular complexity index is 433. The molecule has 2 amide bonds. The monoisotopic (exact) mass is 369 g/mol. The van der Waals surface area contributed by atoms with Crippen molar-refractivity contribution < 1.29 is 19.1 Å². The highest BCUT2D eigenvalue weighted by atomic mass is 16.5. The van der Waals surface area contributed by atoms with E-state index in [1.165, 1.54) is 6.92 Å². The van der Waals surface area contributed by atoms with Crippen LogP contribution in [0.25, 0.3) is 0 Å². The smallest absolute Gasteiger partial charge is 0.224 e. The highest BCUT2D eigenvalue weighted by Crippen LogP contribution is 2.21. The molecule has 0 aliphatic carbocycles. The minimum atomic E-state index is -0.0908. The molecule has 0 aromatic heterocycles. The lowest BCUT2D eigenvalue weighted by atomic mass is 9.95. The Morgan fingerprint density at radius 2 is 2.00 bits per heavy atom. The molecule has 2 saturated heterocycles. The van der Waals surface area contributed by atoms with Crippen LogP contribution in [0, 0.1) is 5.92 Å². The van der Waals surface area contributed by atoms with Gasteiger partial charge in [-0.3, -0.25) is 9.59 Å². The molecular formula is C19H35N3O4. The van der Waals surface area contributed by atoms with E-state index in [0.29, 0.717) is 25.4 Å². The van der Waals surface area contributed by atoms with Crippen molar-refractivity contribution in [3.05, 3.63) is 0 Å². The van der Waals surface area contributed by atoms with Gasteiger partial charge in [-0.1, -0.05) is 0 Å². The van der Waals surface area contributed by atoms with Crippen LogP contribution in [0.15, 0.2) is 0 Å². The summed E-state index contributed by atoms with van der Waals surface area (Å²) < 4.78 is 10.9. The van der Waals surface area contributed by atoms with Gasteiger partial charge in [0.1, 0.15) is 0 Å². The molecule has 0 aromatic rings. The first-order valence-electron chi connectivity index (χ1n) is 9.93. The predicted octanol–water partition coefficient (Wildman–Crippen LogP) is 0.879. The number of nitrogens with one attached hydrogen (secondary N) is 1. The maximum absolute atomic E-state index is 12.7. The van der Waals surface area contributed by atoms with E-state index in [1.54, 1.807) is 7.11 Å². The number of ether oxygens (including phenoxy) is 2. The molecule has 7 heteroatoms. The first-order chi connectivity index (χ1) is 12.6. The lowest BCUT2D eigenvalue weighted by molar-refractivity contribution is -0.133. The van der Waals surface area contributed by atoms with Gasteiger partial charge >= 0.3 is 0 Å². The second kappa shape index (κ2) is 11.5. The van der Waals surface area contributed by atoms with E-state index in [-0.39, 0.29) is 17.9 Å². The summed E-state index contributed by atoms with van der Waals surface area (Å²) in [4.78, 5) is 28.1. The van der Waals surface area contributed by atoms with Crippen LogP contribution in [0.4, 0.5) is 0 Å². The molecule has 2 rings (SSSR count). The van der Waals surface area contributed by atoms with Crippen LogP contribution in [-0.4, -0.2) is 87.3 Å². The number of likely N-dealkylation sites (tertiary alicyclic amines) is 1. The van der Waals surface area contributed by atoms with Crippen molar-refractivity contribution in [3.63, 3.8) is 0 Å². The zero-order valence-corrected chi connectivity index (χ0v) is 16.4. The number of nitrogens with zero attached hydrogens (tertiary/aromatic N) is 2. The maximum atomic E-state index is 12.7. The third kappa shape index (κ3) is 7.60. The fourth-order valence-electron chi connectivity index (χ4n) is 3.74. The summed E-state index contributed by atoms with van der Waals surface area (Å²) in [5.41, 5.74) is 0. The second-order valence-corrected chi connectivity index (χ2v) is 7.44. The van der Waals surface area contributed by atoms with Crippen molar-refractivity contribution in [1.82, 2.24) is 15.1 Å². The average molecular weight is 370 g/mol. The Hall–Kier alpha value is -1.18. The first-order valence-corrected chi connectivity index (χ1v) is 9.93. The number of carbonyl (C=O) groups excluding carboxylic acids is 2. The molecule has 7 nitrogen and oxygen atoms in total. The topological polar surface area (TPSA) is 71.1 Å². The van der Waals surface area contributed by atoms with Gasteiger partial charge in [-0.15, -0.1) is 0 Å². The summed E-state index contributed by atoms with van der Waals surface area (Å²) in [6.07, 6.45) is 4.87. The fourth-order valence-corrected chi connectivity index (χ4v) is 3.74. The maximum Gasteiger partial charge on any atom is 0.224 e. The average Bonchev–Trinajstić information content (AvgIpc) is 3.13. The number of piperidine rings is 1. The number of rotatable bonds is 10. The largest absolute Gasteiger partial charge is 0.383 e. The van der Waals surface area contributed by atoms with E-state index in [1.807, 2.05) is 4.90 Å². The van der Waals surface area contributed by atoms with Gasteiger partial charge in [-0.2, -0.15) is 0 Å². The summed E-state index contributed by atoms with van der Waals surface area (Å²) in [5.74, 6) is 0.572. The normalized spacial score (nSPS) is 21.7. The molecule has 1 N–H and O–H groups in total. The van der Waals surface area contributed by atoms with E-state index in [4.69, 9.17) is 9.47 Å². The van der Waals surface area contributed by atoms with Crippen molar-refractivity contribution in [2.24, 2.45) is 5.92 Å². The third-order valence-corrected chi connectivity index (χ3v) is 5.31. The van der Waals surface area contributed by atoms with Gasteiger partial charge in [0.25, 0.3) is 0 Å². The van der Waals surface area contributed by atoms with Crippen LogP contribution >= 0.6 is 0 Å². The zero-order valence-electron chi connectivity index (χ0n) is 16.4. The van der Waals surface area contributed by atoms with Crippen LogP contribution in [0.3, 0.4) is 0 Å². The minimum Gasteiger partial charge on any atom is -0.383 e. The van der Waals surface area contributed by atoms with Crippen LogP contribution in [0.2, 0.25) is 0 Å².